The van der Waals surface area contributed by atoms with Crippen molar-refractivity contribution in [2.24, 2.45) is 5.92 Å². The van der Waals surface area contributed by atoms with Gasteiger partial charge in [0.25, 0.3) is 0 Å². The summed E-state index contributed by atoms with van der Waals surface area (Å²) in [7, 11) is 0. The zero-order chi connectivity index (χ0) is 8.97. The fourth-order valence-electron chi connectivity index (χ4n) is 1.20. The Bertz CT molecular complexity index is 247. The van der Waals surface area contributed by atoms with Crippen LogP contribution in [0.5, 0.6) is 0 Å². The van der Waals surface area contributed by atoms with Crippen molar-refractivity contribution in [3.05, 3.63) is 29.6 Å². The molecule has 0 saturated carbocycles. The van der Waals surface area contributed by atoms with Crippen LogP contribution < -0.4 is 0 Å². The lowest BCUT2D eigenvalue weighted by Crippen LogP contribution is -2.04. The Labute approximate surface area is 73.3 Å². The zero-order valence-corrected chi connectivity index (χ0v) is 7.62. The first kappa shape index (κ1) is 9.20. The van der Waals surface area contributed by atoms with E-state index in [1.807, 2.05) is 26.2 Å². The molecule has 12 heavy (non-hydrogen) atoms. The SMILES string of the molecule is Cc1cncc(CC(C)CO)c1. The lowest BCUT2D eigenvalue weighted by Gasteiger charge is -2.07. The van der Waals surface area contributed by atoms with Gasteiger partial charge < -0.3 is 5.11 Å². The summed E-state index contributed by atoms with van der Waals surface area (Å²) in [6.07, 6.45) is 4.61. The number of nitrogens with zero attached hydrogens (tertiary/aromatic N) is 1. The Morgan fingerprint density at radius 1 is 1.50 bits per heavy atom. The first-order valence-electron chi connectivity index (χ1n) is 4.23. The molecule has 1 aromatic rings. The number of pyridine rings is 1. The first-order chi connectivity index (χ1) is 5.72. The van der Waals surface area contributed by atoms with Crippen LogP contribution in [-0.2, 0) is 6.42 Å². The van der Waals surface area contributed by atoms with Crippen LogP contribution in [0.3, 0.4) is 0 Å². The van der Waals surface area contributed by atoms with Gasteiger partial charge in [0.1, 0.15) is 0 Å². The molecule has 1 heterocycles. The number of aliphatic hydroxyl groups excluding tert-OH is 1. The lowest BCUT2D eigenvalue weighted by molar-refractivity contribution is 0.237. The standard InChI is InChI=1S/C10H15NO/c1-8-3-10(6-11-5-8)4-9(2)7-12/h3,5-6,9,12H,4,7H2,1-2H3. The van der Waals surface area contributed by atoms with Crippen LogP contribution in [0.25, 0.3) is 0 Å². The molecule has 0 amide bonds. The predicted molar refractivity (Wildman–Crippen MR) is 48.9 cm³/mol. The third-order valence-corrected chi connectivity index (χ3v) is 1.83. The Hall–Kier alpha value is -0.890. The summed E-state index contributed by atoms with van der Waals surface area (Å²) < 4.78 is 0. The number of aliphatic hydroxyl groups is 1. The van der Waals surface area contributed by atoms with Gasteiger partial charge >= 0.3 is 0 Å². The molecule has 1 aromatic heterocycles. The van der Waals surface area contributed by atoms with E-state index in [0.29, 0.717) is 5.92 Å². The minimum atomic E-state index is 0.244. The normalized spacial score (nSPS) is 12.9. The molecule has 0 aliphatic heterocycles. The Kier molecular flexibility index (Phi) is 3.23. The van der Waals surface area contributed by atoms with Gasteiger partial charge in [0, 0.05) is 19.0 Å². The second-order valence-corrected chi connectivity index (χ2v) is 3.36. The monoisotopic (exact) mass is 165 g/mol. The van der Waals surface area contributed by atoms with Crippen LogP contribution in [0, 0.1) is 12.8 Å². The van der Waals surface area contributed by atoms with Crippen molar-refractivity contribution in [3.63, 3.8) is 0 Å². The molecular weight excluding hydrogens is 150 g/mol. The number of aromatic nitrogens is 1. The van der Waals surface area contributed by atoms with Gasteiger partial charge in [0.05, 0.1) is 0 Å². The summed E-state index contributed by atoms with van der Waals surface area (Å²) in [5.74, 6) is 0.327. The molecule has 1 unspecified atom stereocenters. The number of aryl methyl sites for hydroxylation is 1. The van der Waals surface area contributed by atoms with Crippen molar-refractivity contribution in [2.45, 2.75) is 20.3 Å². The molecule has 2 heteroatoms. The van der Waals surface area contributed by atoms with Gasteiger partial charge in [-0.05, 0) is 30.4 Å². The van der Waals surface area contributed by atoms with Crippen LogP contribution in [0.2, 0.25) is 0 Å². The summed E-state index contributed by atoms with van der Waals surface area (Å²) in [5.41, 5.74) is 2.38. The maximum atomic E-state index is 8.84. The van der Waals surface area contributed by atoms with Crippen molar-refractivity contribution in [2.75, 3.05) is 6.61 Å². The van der Waals surface area contributed by atoms with E-state index in [-0.39, 0.29) is 6.61 Å². The fraction of sp³-hybridized carbons (Fsp3) is 0.500. The van der Waals surface area contributed by atoms with Gasteiger partial charge in [0.15, 0.2) is 0 Å². The quantitative estimate of drug-likeness (QED) is 0.737. The minimum absolute atomic E-state index is 0.244. The molecule has 0 radical (unpaired) electrons. The Morgan fingerprint density at radius 2 is 2.25 bits per heavy atom. The van der Waals surface area contributed by atoms with Gasteiger partial charge in [-0.3, -0.25) is 4.98 Å². The second-order valence-electron chi connectivity index (χ2n) is 3.36. The summed E-state index contributed by atoms with van der Waals surface area (Å²) in [5, 5.41) is 8.84. The Balaban J connectivity index is 2.63. The average Bonchev–Trinajstić information content (AvgIpc) is 2.04. The highest BCUT2D eigenvalue weighted by atomic mass is 16.3. The minimum Gasteiger partial charge on any atom is -0.396 e. The van der Waals surface area contributed by atoms with Crippen LogP contribution >= 0.6 is 0 Å². The van der Waals surface area contributed by atoms with E-state index in [2.05, 4.69) is 11.1 Å². The Morgan fingerprint density at radius 3 is 2.83 bits per heavy atom. The second kappa shape index (κ2) is 4.21. The van der Waals surface area contributed by atoms with E-state index >= 15 is 0 Å². The van der Waals surface area contributed by atoms with E-state index in [0.717, 1.165) is 6.42 Å². The van der Waals surface area contributed by atoms with Gasteiger partial charge in [-0.25, -0.2) is 0 Å². The van der Waals surface area contributed by atoms with Crippen molar-refractivity contribution in [3.8, 4) is 0 Å². The first-order valence-corrected chi connectivity index (χ1v) is 4.23. The molecule has 0 fully saturated rings. The summed E-state index contributed by atoms with van der Waals surface area (Å²) in [6, 6.07) is 2.11. The number of hydrogen-bond donors (Lipinski definition) is 1. The maximum absolute atomic E-state index is 8.84. The molecule has 0 spiro atoms. The molecule has 1 rings (SSSR count). The van der Waals surface area contributed by atoms with Crippen molar-refractivity contribution in [1.82, 2.24) is 4.98 Å². The summed E-state index contributed by atoms with van der Waals surface area (Å²) >= 11 is 0. The van der Waals surface area contributed by atoms with Crippen molar-refractivity contribution in [1.29, 1.82) is 0 Å². The third kappa shape index (κ3) is 2.62. The van der Waals surface area contributed by atoms with Crippen molar-refractivity contribution < 1.29 is 5.11 Å². The van der Waals surface area contributed by atoms with E-state index in [4.69, 9.17) is 5.11 Å². The third-order valence-electron chi connectivity index (χ3n) is 1.83. The molecule has 0 aromatic carbocycles. The number of rotatable bonds is 3. The number of hydrogen-bond acceptors (Lipinski definition) is 2. The zero-order valence-electron chi connectivity index (χ0n) is 7.62. The summed E-state index contributed by atoms with van der Waals surface area (Å²) in [6.45, 7) is 4.30. The van der Waals surface area contributed by atoms with Crippen molar-refractivity contribution >= 4 is 0 Å². The predicted octanol–water partition coefficient (Wildman–Crippen LogP) is 1.56. The van der Waals surface area contributed by atoms with E-state index in [9.17, 15) is 0 Å². The smallest absolute Gasteiger partial charge is 0.0459 e. The molecule has 0 aliphatic carbocycles. The molecular formula is C10H15NO. The van der Waals surface area contributed by atoms with Crippen LogP contribution in [0.4, 0.5) is 0 Å². The van der Waals surface area contributed by atoms with Gasteiger partial charge in [-0.15, -0.1) is 0 Å². The topological polar surface area (TPSA) is 33.1 Å². The van der Waals surface area contributed by atoms with Crippen LogP contribution in [0.1, 0.15) is 18.1 Å². The molecule has 0 saturated heterocycles. The maximum Gasteiger partial charge on any atom is 0.0459 e. The van der Waals surface area contributed by atoms with E-state index in [1.165, 1.54) is 11.1 Å². The average molecular weight is 165 g/mol. The highest BCUT2D eigenvalue weighted by Gasteiger charge is 2.01. The van der Waals surface area contributed by atoms with Gasteiger partial charge in [-0.2, -0.15) is 0 Å². The van der Waals surface area contributed by atoms with Crippen LogP contribution in [-0.4, -0.2) is 16.7 Å². The molecule has 66 valence electrons. The van der Waals surface area contributed by atoms with E-state index in [1.54, 1.807) is 0 Å². The molecule has 0 aliphatic rings. The van der Waals surface area contributed by atoms with Gasteiger partial charge in [0.2, 0.25) is 0 Å². The fourth-order valence-corrected chi connectivity index (χ4v) is 1.20. The lowest BCUT2D eigenvalue weighted by atomic mass is 10.0. The molecule has 1 atom stereocenters. The van der Waals surface area contributed by atoms with Crippen LogP contribution in [0.15, 0.2) is 18.5 Å². The largest absolute Gasteiger partial charge is 0.396 e. The summed E-state index contributed by atoms with van der Waals surface area (Å²) in [4.78, 5) is 4.09. The molecule has 1 N–H and O–H groups in total. The highest BCUT2D eigenvalue weighted by Crippen LogP contribution is 2.07. The highest BCUT2D eigenvalue weighted by molar-refractivity contribution is 5.16. The molecule has 2 nitrogen and oxygen atoms in total. The van der Waals surface area contributed by atoms with E-state index < -0.39 is 0 Å². The molecule has 0 bridgehead atoms. The van der Waals surface area contributed by atoms with Gasteiger partial charge in [-0.1, -0.05) is 13.0 Å².